The highest BCUT2D eigenvalue weighted by Gasteiger charge is 2.47. The highest BCUT2D eigenvalue weighted by atomic mass is 19.3. The summed E-state index contributed by atoms with van der Waals surface area (Å²) in [5.74, 6) is -7.53. The number of hydrogen-bond donors (Lipinski definition) is 1. The standard InChI is InChI=1S/C11H8F4N2O3.C2H6.CH3F/c12-7-4-5(17(19)20)3-6(9(7)13)10-11(14,15)2-1-8(18)16-10;2*1-2/h3-4,10H,1-2H2,(H,16,18);1-2H3;1H3. The zero-order chi connectivity index (χ0) is 19.1. The lowest BCUT2D eigenvalue weighted by Gasteiger charge is -2.32. The Morgan fingerprint density at radius 2 is 1.79 bits per heavy atom. The number of hydrogen-bond acceptors (Lipinski definition) is 3. The van der Waals surface area contributed by atoms with Crippen molar-refractivity contribution in [3.05, 3.63) is 39.4 Å². The SMILES string of the molecule is CC.CF.O=C1CCC(F)(F)C(c2cc([N+](=O)[O-])cc(F)c2F)N1. The number of nitrogens with one attached hydrogen (secondary N) is 1. The largest absolute Gasteiger partial charge is 0.343 e. The molecule has 1 heterocycles. The molecule has 1 aliphatic heterocycles. The maximum atomic E-state index is 13.7. The lowest BCUT2D eigenvalue weighted by atomic mass is 9.92. The first-order valence-corrected chi connectivity index (χ1v) is 6.90. The fourth-order valence-electron chi connectivity index (χ4n) is 1.98. The van der Waals surface area contributed by atoms with E-state index in [0.717, 1.165) is 0 Å². The van der Waals surface area contributed by atoms with Crippen LogP contribution in [-0.2, 0) is 4.79 Å². The predicted octanol–water partition coefficient (Wildman–Crippen LogP) is 4.07. The van der Waals surface area contributed by atoms with E-state index in [1.807, 2.05) is 19.2 Å². The van der Waals surface area contributed by atoms with Crippen molar-refractivity contribution in [2.24, 2.45) is 0 Å². The molecule has 10 heteroatoms. The van der Waals surface area contributed by atoms with Crippen molar-refractivity contribution in [3.63, 3.8) is 0 Å². The molecule has 2 rings (SSSR count). The smallest absolute Gasteiger partial charge is 0.272 e. The third-order valence-corrected chi connectivity index (χ3v) is 2.98. The maximum Gasteiger partial charge on any atom is 0.272 e. The number of carbonyl (C=O) groups excluding carboxylic acids is 1. The van der Waals surface area contributed by atoms with E-state index in [-0.39, 0.29) is 0 Å². The molecule has 1 fully saturated rings. The number of non-ortho nitro benzene ring substituents is 1. The van der Waals surface area contributed by atoms with Gasteiger partial charge in [-0.2, -0.15) is 0 Å². The summed E-state index contributed by atoms with van der Waals surface area (Å²) in [6.45, 7) is 4.00. The van der Waals surface area contributed by atoms with Crippen LogP contribution in [0.2, 0.25) is 0 Å². The zero-order valence-corrected chi connectivity index (χ0v) is 13.2. The van der Waals surface area contributed by atoms with E-state index >= 15 is 0 Å². The summed E-state index contributed by atoms with van der Waals surface area (Å²) in [6, 6.07) is -1.33. The van der Waals surface area contributed by atoms with Crippen molar-refractivity contribution in [1.29, 1.82) is 0 Å². The summed E-state index contributed by atoms with van der Waals surface area (Å²) < 4.78 is 63.8. The van der Waals surface area contributed by atoms with Gasteiger partial charge in [0.1, 0.15) is 6.04 Å². The first-order chi connectivity index (χ1) is 11.2. The number of benzene rings is 1. The number of rotatable bonds is 2. The third kappa shape index (κ3) is 4.87. The maximum absolute atomic E-state index is 13.7. The molecule has 5 nitrogen and oxygen atoms in total. The fourth-order valence-corrected chi connectivity index (χ4v) is 1.98. The first-order valence-electron chi connectivity index (χ1n) is 6.90. The third-order valence-electron chi connectivity index (χ3n) is 2.98. The van der Waals surface area contributed by atoms with Crippen molar-refractivity contribution >= 4 is 11.6 Å². The van der Waals surface area contributed by atoms with Gasteiger partial charge in [0.25, 0.3) is 11.6 Å². The van der Waals surface area contributed by atoms with E-state index in [1.165, 1.54) is 0 Å². The first kappa shape index (κ1) is 21.7. The molecule has 136 valence electrons. The van der Waals surface area contributed by atoms with E-state index in [1.54, 1.807) is 0 Å². The summed E-state index contributed by atoms with van der Waals surface area (Å²) in [6.07, 6.45) is -1.30. The Labute approximate surface area is 135 Å². The van der Waals surface area contributed by atoms with Crippen molar-refractivity contribution < 1.29 is 31.7 Å². The molecular weight excluding hydrogens is 339 g/mol. The lowest BCUT2D eigenvalue weighted by molar-refractivity contribution is -0.385. The molecule has 0 aliphatic carbocycles. The molecule has 0 radical (unpaired) electrons. The van der Waals surface area contributed by atoms with Crippen LogP contribution in [0.1, 0.15) is 38.3 Å². The summed E-state index contributed by atoms with van der Waals surface area (Å²) >= 11 is 0. The number of nitro groups is 1. The van der Waals surface area contributed by atoms with Crippen LogP contribution in [0.5, 0.6) is 0 Å². The van der Waals surface area contributed by atoms with Crippen LogP contribution in [0.25, 0.3) is 0 Å². The lowest BCUT2D eigenvalue weighted by Crippen LogP contribution is -2.46. The Balaban J connectivity index is 0.00000123. The predicted molar refractivity (Wildman–Crippen MR) is 76.5 cm³/mol. The van der Waals surface area contributed by atoms with E-state index in [0.29, 0.717) is 19.3 Å². The highest BCUT2D eigenvalue weighted by molar-refractivity contribution is 5.77. The van der Waals surface area contributed by atoms with Crippen molar-refractivity contribution in [3.8, 4) is 0 Å². The molecule has 1 saturated heterocycles. The van der Waals surface area contributed by atoms with Crippen LogP contribution in [-0.4, -0.2) is 23.9 Å². The molecule has 1 aromatic rings. The molecule has 1 atom stereocenters. The van der Waals surface area contributed by atoms with E-state index in [9.17, 15) is 36.9 Å². The average Bonchev–Trinajstić information content (AvgIpc) is 2.56. The topological polar surface area (TPSA) is 72.2 Å². The zero-order valence-electron chi connectivity index (χ0n) is 13.2. The number of halogens is 5. The van der Waals surface area contributed by atoms with Gasteiger partial charge in [0, 0.05) is 24.5 Å². The number of carbonyl (C=O) groups is 1. The van der Waals surface area contributed by atoms with E-state index in [4.69, 9.17) is 0 Å². The number of nitro benzene ring substituents is 1. The number of nitrogens with zero attached hydrogens (tertiary/aromatic N) is 1. The summed E-state index contributed by atoms with van der Waals surface area (Å²) in [5, 5.41) is 12.4. The van der Waals surface area contributed by atoms with Crippen LogP contribution in [0.4, 0.5) is 27.6 Å². The van der Waals surface area contributed by atoms with Crippen LogP contribution in [0.3, 0.4) is 0 Å². The Hall–Kier alpha value is -2.26. The molecule has 0 aromatic heterocycles. The molecule has 0 bridgehead atoms. The number of piperidine rings is 1. The van der Waals surface area contributed by atoms with Crippen LogP contribution in [0.15, 0.2) is 12.1 Å². The molecule has 1 N–H and O–H groups in total. The van der Waals surface area contributed by atoms with Gasteiger partial charge < -0.3 is 5.32 Å². The molecule has 1 aliphatic rings. The minimum atomic E-state index is -3.52. The Morgan fingerprint density at radius 3 is 2.29 bits per heavy atom. The normalized spacial score (nSPS) is 18.3. The van der Waals surface area contributed by atoms with Crippen LogP contribution < -0.4 is 5.32 Å². The van der Waals surface area contributed by atoms with Crippen LogP contribution >= 0.6 is 0 Å². The second-order valence-corrected chi connectivity index (χ2v) is 4.35. The van der Waals surface area contributed by atoms with Gasteiger partial charge in [-0.05, 0) is 0 Å². The Bertz CT molecular complexity index is 596. The second-order valence-electron chi connectivity index (χ2n) is 4.35. The van der Waals surface area contributed by atoms with Gasteiger partial charge in [0.05, 0.1) is 18.2 Å². The number of amides is 1. The molecule has 1 amide bonds. The Morgan fingerprint density at radius 1 is 1.25 bits per heavy atom. The second kappa shape index (κ2) is 9.14. The van der Waals surface area contributed by atoms with Crippen molar-refractivity contribution in [2.45, 2.75) is 38.7 Å². The monoisotopic (exact) mass is 356 g/mol. The molecule has 0 saturated carbocycles. The van der Waals surface area contributed by atoms with Crippen molar-refractivity contribution in [2.75, 3.05) is 7.18 Å². The number of alkyl halides is 3. The highest BCUT2D eigenvalue weighted by Crippen LogP contribution is 2.40. The summed E-state index contributed by atoms with van der Waals surface area (Å²) in [4.78, 5) is 20.7. The van der Waals surface area contributed by atoms with Gasteiger partial charge >= 0.3 is 0 Å². The summed E-state index contributed by atoms with van der Waals surface area (Å²) in [5.41, 5.74) is -1.80. The minimum Gasteiger partial charge on any atom is -0.343 e. The molecule has 1 aromatic carbocycles. The van der Waals surface area contributed by atoms with Gasteiger partial charge in [-0.25, -0.2) is 17.6 Å². The van der Waals surface area contributed by atoms with Crippen LogP contribution in [0, 0.1) is 21.7 Å². The Kier molecular flexibility index (Phi) is 8.28. The van der Waals surface area contributed by atoms with Crippen molar-refractivity contribution in [1.82, 2.24) is 5.32 Å². The van der Waals surface area contributed by atoms with Gasteiger partial charge in [-0.1, -0.05) is 13.8 Å². The fraction of sp³-hybridized carbons (Fsp3) is 0.500. The average molecular weight is 356 g/mol. The minimum absolute atomic E-state index is 0.293. The quantitative estimate of drug-likeness (QED) is 0.493. The van der Waals surface area contributed by atoms with Gasteiger partial charge in [0.2, 0.25) is 5.91 Å². The molecule has 24 heavy (non-hydrogen) atoms. The molecule has 1 unspecified atom stereocenters. The summed E-state index contributed by atoms with van der Waals surface area (Å²) in [7, 11) is 0.500. The van der Waals surface area contributed by atoms with Gasteiger partial charge in [0.15, 0.2) is 11.6 Å². The van der Waals surface area contributed by atoms with Gasteiger partial charge in [-0.3, -0.25) is 19.3 Å². The molecular formula is C14H17F5N2O3. The van der Waals surface area contributed by atoms with E-state index in [2.05, 4.69) is 0 Å². The van der Waals surface area contributed by atoms with E-state index < -0.39 is 58.5 Å². The van der Waals surface area contributed by atoms with Gasteiger partial charge in [-0.15, -0.1) is 0 Å². The molecule has 0 spiro atoms.